The number of anilines is 1. The predicted octanol–water partition coefficient (Wildman–Crippen LogP) is 2.72. The molecule has 0 aliphatic carbocycles. The fourth-order valence-electron chi connectivity index (χ4n) is 1.49. The maximum absolute atomic E-state index is 11.8. The molecule has 14 heavy (non-hydrogen) atoms. The maximum Gasteiger partial charge on any atom is 0.167 e. The Morgan fingerprint density at radius 3 is 2.36 bits per heavy atom. The van der Waals surface area contributed by atoms with E-state index in [1.54, 1.807) is 0 Å². The van der Waals surface area contributed by atoms with Crippen LogP contribution in [0.25, 0.3) is 0 Å². The standard InChI is InChI=1S/C12H17NO/c1-7(2)12(14)10-6-8(3)5-9(4)11(10)13/h5-7H,13H2,1-4H3. The van der Waals surface area contributed by atoms with Gasteiger partial charge < -0.3 is 5.73 Å². The van der Waals surface area contributed by atoms with E-state index in [-0.39, 0.29) is 11.7 Å². The van der Waals surface area contributed by atoms with Gasteiger partial charge in [-0.2, -0.15) is 0 Å². The molecule has 2 heteroatoms. The van der Waals surface area contributed by atoms with Crippen LogP contribution in [0.1, 0.15) is 35.3 Å². The highest BCUT2D eigenvalue weighted by atomic mass is 16.1. The van der Waals surface area contributed by atoms with Gasteiger partial charge in [-0.05, 0) is 31.0 Å². The van der Waals surface area contributed by atoms with E-state index < -0.39 is 0 Å². The Hall–Kier alpha value is -1.31. The van der Waals surface area contributed by atoms with E-state index >= 15 is 0 Å². The lowest BCUT2D eigenvalue weighted by molar-refractivity contribution is 0.0940. The SMILES string of the molecule is Cc1cc(C)c(N)c(C(=O)C(C)C)c1. The highest BCUT2D eigenvalue weighted by Gasteiger charge is 2.14. The fourth-order valence-corrected chi connectivity index (χ4v) is 1.49. The number of hydrogen-bond acceptors (Lipinski definition) is 2. The Morgan fingerprint density at radius 1 is 1.29 bits per heavy atom. The lowest BCUT2D eigenvalue weighted by Gasteiger charge is -2.11. The van der Waals surface area contributed by atoms with Gasteiger partial charge in [0.1, 0.15) is 0 Å². The van der Waals surface area contributed by atoms with E-state index in [1.165, 1.54) is 0 Å². The number of hydrogen-bond donors (Lipinski definition) is 1. The summed E-state index contributed by atoms with van der Waals surface area (Å²) < 4.78 is 0. The van der Waals surface area contributed by atoms with E-state index in [9.17, 15) is 4.79 Å². The van der Waals surface area contributed by atoms with Crippen molar-refractivity contribution in [3.8, 4) is 0 Å². The Balaban J connectivity index is 3.27. The van der Waals surface area contributed by atoms with Crippen molar-refractivity contribution in [2.24, 2.45) is 5.92 Å². The van der Waals surface area contributed by atoms with Crippen molar-refractivity contribution in [2.75, 3.05) is 5.73 Å². The fraction of sp³-hybridized carbons (Fsp3) is 0.417. The molecule has 0 saturated carbocycles. The van der Waals surface area contributed by atoms with Gasteiger partial charge in [0.25, 0.3) is 0 Å². The van der Waals surface area contributed by atoms with Crippen LogP contribution in [0.15, 0.2) is 12.1 Å². The summed E-state index contributed by atoms with van der Waals surface area (Å²) in [5, 5.41) is 0. The summed E-state index contributed by atoms with van der Waals surface area (Å²) in [6.07, 6.45) is 0. The molecule has 1 rings (SSSR count). The topological polar surface area (TPSA) is 43.1 Å². The van der Waals surface area contributed by atoms with Crippen LogP contribution >= 0.6 is 0 Å². The van der Waals surface area contributed by atoms with Crippen LogP contribution in [-0.2, 0) is 0 Å². The van der Waals surface area contributed by atoms with Gasteiger partial charge in [0, 0.05) is 17.2 Å². The molecule has 1 aromatic carbocycles. The number of carbonyl (C=O) groups excluding carboxylic acids is 1. The zero-order valence-electron chi connectivity index (χ0n) is 9.22. The molecule has 0 bridgehead atoms. The summed E-state index contributed by atoms with van der Waals surface area (Å²) in [5.41, 5.74) is 9.22. The smallest absolute Gasteiger partial charge is 0.167 e. The number of Topliss-reactive ketones (excluding diaryl/α,β-unsaturated/α-hetero) is 1. The van der Waals surface area contributed by atoms with Crippen molar-refractivity contribution >= 4 is 11.5 Å². The Bertz CT molecular complexity index is 367. The van der Waals surface area contributed by atoms with Crippen molar-refractivity contribution in [1.82, 2.24) is 0 Å². The summed E-state index contributed by atoms with van der Waals surface area (Å²) in [6, 6.07) is 3.86. The van der Waals surface area contributed by atoms with Crippen molar-refractivity contribution in [3.63, 3.8) is 0 Å². The second kappa shape index (κ2) is 3.82. The summed E-state index contributed by atoms with van der Waals surface area (Å²) in [4.78, 5) is 11.8. The van der Waals surface area contributed by atoms with Crippen molar-refractivity contribution in [1.29, 1.82) is 0 Å². The summed E-state index contributed by atoms with van der Waals surface area (Å²) in [6.45, 7) is 7.68. The molecule has 0 heterocycles. The van der Waals surface area contributed by atoms with Crippen LogP contribution in [0.4, 0.5) is 5.69 Å². The molecule has 0 spiro atoms. The van der Waals surface area contributed by atoms with Gasteiger partial charge in [0.15, 0.2) is 5.78 Å². The third-order valence-electron chi connectivity index (χ3n) is 2.32. The molecular weight excluding hydrogens is 174 g/mol. The van der Waals surface area contributed by atoms with Crippen LogP contribution in [0, 0.1) is 19.8 Å². The predicted molar refractivity (Wildman–Crippen MR) is 59.5 cm³/mol. The second-order valence-corrected chi connectivity index (χ2v) is 4.06. The Kier molecular flexibility index (Phi) is 2.94. The molecule has 0 amide bonds. The number of rotatable bonds is 2. The first kappa shape index (κ1) is 10.8. The minimum Gasteiger partial charge on any atom is -0.398 e. The third-order valence-corrected chi connectivity index (χ3v) is 2.32. The highest BCUT2D eigenvalue weighted by molar-refractivity contribution is 6.02. The third kappa shape index (κ3) is 1.95. The van der Waals surface area contributed by atoms with Crippen molar-refractivity contribution in [3.05, 3.63) is 28.8 Å². The molecule has 2 N–H and O–H groups in total. The number of benzene rings is 1. The van der Waals surface area contributed by atoms with Crippen LogP contribution in [0.3, 0.4) is 0 Å². The van der Waals surface area contributed by atoms with Gasteiger partial charge in [0.05, 0.1) is 0 Å². The minimum absolute atomic E-state index is 0.00139. The monoisotopic (exact) mass is 191 g/mol. The largest absolute Gasteiger partial charge is 0.398 e. The molecular formula is C12H17NO. The summed E-state index contributed by atoms with van der Waals surface area (Å²) in [5.74, 6) is 0.118. The van der Waals surface area contributed by atoms with E-state index in [4.69, 9.17) is 5.73 Å². The van der Waals surface area contributed by atoms with Crippen LogP contribution in [-0.4, -0.2) is 5.78 Å². The average Bonchev–Trinajstić information content (AvgIpc) is 2.09. The van der Waals surface area contributed by atoms with E-state index in [1.807, 2.05) is 39.8 Å². The number of nitrogens with two attached hydrogens (primary N) is 1. The van der Waals surface area contributed by atoms with E-state index in [2.05, 4.69) is 0 Å². The molecule has 76 valence electrons. The number of aryl methyl sites for hydroxylation is 2. The van der Waals surface area contributed by atoms with Gasteiger partial charge in [-0.3, -0.25) is 4.79 Å². The highest BCUT2D eigenvalue weighted by Crippen LogP contribution is 2.22. The normalized spacial score (nSPS) is 10.6. The molecule has 0 unspecified atom stereocenters. The lowest BCUT2D eigenvalue weighted by Crippen LogP contribution is -2.11. The molecule has 0 fully saturated rings. The van der Waals surface area contributed by atoms with Crippen molar-refractivity contribution in [2.45, 2.75) is 27.7 Å². The van der Waals surface area contributed by atoms with Gasteiger partial charge in [-0.25, -0.2) is 0 Å². The molecule has 2 nitrogen and oxygen atoms in total. The van der Waals surface area contributed by atoms with E-state index in [0.717, 1.165) is 11.1 Å². The molecule has 1 aromatic rings. The van der Waals surface area contributed by atoms with Gasteiger partial charge >= 0.3 is 0 Å². The van der Waals surface area contributed by atoms with Gasteiger partial charge in [0.2, 0.25) is 0 Å². The molecule has 0 aliphatic rings. The molecule has 0 aliphatic heterocycles. The molecule has 0 radical (unpaired) electrons. The molecule has 0 aromatic heterocycles. The quantitative estimate of drug-likeness (QED) is 0.577. The van der Waals surface area contributed by atoms with Gasteiger partial charge in [-0.15, -0.1) is 0 Å². The first-order valence-corrected chi connectivity index (χ1v) is 4.84. The zero-order valence-corrected chi connectivity index (χ0v) is 9.22. The summed E-state index contributed by atoms with van der Waals surface area (Å²) >= 11 is 0. The Morgan fingerprint density at radius 2 is 1.86 bits per heavy atom. The number of carbonyl (C=O) groups is 1. The Labute approximate surface area is 85.1 Å². The first-order chi connectivity index (χ1) is 6.43. The molecule has 0 atom stereocenters. The van der Waals surface area contributed by atoms with Gasteiger partial charge in [-0.1, -0.05) is 19.9 Å². The van der Waals surface area contributed by atoms with Crippen molar-refractivity contribution < 1.29 is 4.79 Å². The number of ketones is 1. The zero-order chi connectivity index (χ0) is 10.9. The minimum atomic E-state index is -0.00139. The maximum atomic E-state index is 11.8. The van der Waals surface area contributed by atoms with Crippen LogP contribution in [0.5, 0.6) is 0 Å². The van der Waals surface area contributed by atoms with Crippen LogP contribution in [0.2, 0.25) is 0 Å². The van der Waals surface area contributed by atoms with E-state index in [0.29, 0.717) is 11.3 Å². The summed E-state index contributed by atoms with van der Waals surface area (Å²) in [7, 11) is 0. The second-order valence-electron chi connectivity index (χ2n) is 4.06. The molecule has 0 saturated heterocycles. The van der Waals surface area contributed by atoms with Crippen LogP contribution < -0.4 is 5.73 Å². The lowest BCUT2D eigenvalue weighted by atomic mass is 9.95. The first-order valence-electron chi connectivity index (χ1n) is 4.84. The number of nitrogen functional groups attached to an aromatic ring is 1. The average molecular weight is 191 g/mol.